The van der Waals surface area contributed by atoms with Crippen LogP contribution in [0.15, 0.2) is 23.3 Å². The molecule has 170 valence electrons. The van der Waals surface area contributed by atoms with Crippen molar-refractivity contribution in [2.75, 3.05) is 0 Å². The SMILES string of the molecule is CC(=O)C=C(C)CC(C)C(C)CC1CC(C)CC(C)C(=O)CC(O)C(C)=CC(=O)O1. The number of ketones is 2. The van der Waals surface area contributed by atoms with Gasteiger partial charge in [-0.25, -0.2) is 4.79 Å². The number of carbonyl (C=O) groups is 3. The minimum Gasteiger partial charge on any atom is -0.459 e. The van der Waals surface area contributed by atoms with Crippen LogP contribution in [-0.4, -0.2) is 34.9 Å². The molecule has 0 amide bonds. The van der Waals surface area contributed by atoms with Crippen molar-refractivity contribution in [1.82, 2.24) is 0 Å². The average Bonchev–Trinajstić information content (AvgIpc) is 2.59. The van der Waals surface area contributed by atoms with Gasteiger partial charge in [-0.15, -0.1) is 0 Å². The van der Waals surface area contributed by atoms with Crippen molar-refractivity contribution in [1.29, 1.82) is 0 Å². The van der Waals surface area contributed by atoms with Gasteiger partial charge in [-0.3, -0.25) is 9.59 Å². The van der Waals surface area contributed by atoms with Gasteiger partial charge in [0.25, 0.3) is 0 Å². The molecule has 6 unspecified atom stereocenters. The van der Waals surface area contributed by atoms with Crippen molar-refractivity contribution in [2.24, 2.45) is 23.7 Å². The second-order valence-corrected chi connectivity index (χ2v) is 9.61. The standard InChI is InChI=1S/C25H40O5/c1-15(10-21(7)26)8-17(3)18(4)12-22-11-16(2)9-19(5)23(27)14-24(28)20(6)13-25(29)30-22/h10,13,16-19,22,24,28H,8-9,11-12,14H2,1-7H3. The summed E-state index contributed by atoms with van der Waals surface area (Å²) >= 11 is 0. The lowest BCUT2D eigenvalue weighted by Gasteiger charge is -2.28. The highest BCUT2D eigenvalue weighted by Gasteiger charge is 2.27. The van der Waals surface area contributed by atoms with Crippen LogP contribution in [0.25, 0.3) is 0 Å². The largest absolute Gasteiger partial charge is 0.459 e. The first-order valence-electron chi connectivity index (χ1n) is 11.2. The lowest BCUT2D eigenvalue weighted by atomic mass is 9.82. The molecular formula is C25H40O5. The zero-order valence-corrected chi connectivity index (χ0v) is 19.7. The van der Waals surface area contributed by atoms with Crippen LogP contribution in [0.1, 0.15) is 80.6 Å². The molecule has 0 bridgehead atoms. The Balaban J connectivity index is 2.94. The first kappa shape index (κ1) is 26.3. The van der Waals surface area contributed by atoms with E-state index in [1.54, 1.807) is 19.9 Å². The first-order valence-corrected chi connectivity index (χ1v) is 11.2. The minimum absolute atomic E-state index is 0.0299. The fraction of sp³-hybridized carbons (Fsp3) is 0.720. The predicted molar refractivity (Wildman–Crippen MR) is 119 cm³/mol. The Bertz CT molecular complexity index is 675. The van der Waals surface area contributed by atoms with E-state index >= 15 is 0 Å². The Morgan fingerprint density at radius 1 is 1.20 bits per heavy atom. The molecule has 1 aliphatic heterocycles. The molecule has 1 aliphatic rings. The number of carbonyl (C=O) groups excluding carboxylic acids is 3. The number of aliphatic hydroxyl groups is 1. The molecule has 0 spiro atoms. The summed E-state index contributed by atoms with van der Waals surface area (Å²) in [6, 6.07) is 0. The summed E-state index contributed by atoms with van der Waals surface area (Å²) in [6.07, 6.45) is 4.81. The summed E-state index contributed by atoms with van der Waals surface area (Å²) < 4.78 is 5.78. The number of Topliss-reactive ketones (excluding diaryl/α,β-unsaturated/α-hetero) is 1. The fourth-order valence-electron chi connectivity index (χ4n) is 4.27. The van der Waals surface area contributed by atoms with Gasteiger partial charge in [-0.05, 0) is 75.9 Å². The van der Waals surface area contributed by atoms with Gasteiger partial charge in [0.2, 0.25) is 0 Å². The van der Waals surface area contributed by atoms with E-state index in [2.05, 4.69) is 20.8 Å². The molecule has 30 heavy (non-hydrogen) atoms. The summed E-state index contributed by atoms with van der Waals surface area (Å²) in [7, 11) is 0. The number of hydrogen-bond acceptors (Lipinski definition) is 5. The van der Waals surface area contributed by atoms with Crippen molar-refractivity contribution < 1.29 is 24.2 Å². The number of rotatable bonds is 6. The maximum atomic E-state index is 12.4. The van der Waals surface area contributed by atoms with E-state index in [1.807, 2.05) is 13.8 Å². The Morgan fingerprint density at radius 3 is 2.43 bits per heavy atom. The zero-order valence-electron chi connectivity index (χ0n) is 19.7. The predicted octanol–water partition coefficient (Wildman–Crippen LogP) is 4.82. The fourth-order valence-corrected chi connectivity index (χ4v) is 4.27. The third-order valence-corrected chi connectivity index (χ3v) is 6.22. The van der Waals surface area contributed by atoms with E-state index in [4.69, 9.17) is 4.74 Å². The summed E-state index contributed by atoms with van der Waals surface area (Å²) in [5, 5.41) is 10.2. The van der Waals surface area contributed by atoms with Gasteiger partial charge in [0, 0.05) is 18.4 Å². The Morgan fingerprint density at radius 2 is 1.83 bits per heavy atom. The molecule has 0 radical (unpaired) electrons. The number of ether oxygens (including phenoxy) is 1. The molecule has 0 saturated heterocycles. The van der Waals surface area contributed by atoms with Crippen molar-refractivity contribution >= 4 is 17.5 Å². The monoisotopic (exact) mass is 420 g/mol. The molecule has 0 saturated carbocycles. The lowest BCUT2D eigenvalue weighted by molar-refractivity contribution is -0.145. The van der Waals surface area contributed by atoms with Crippen molar-refractivity contribution in [2.45, 2.75) is 92.8 Å². The summed E-state index contributed by atoms with van der Waals surface area (Å²) in [6.45, 7) is 13.5. The molecule has 6 atom stereocenters. The quantitative estimate of drug-likeness (QED) is 0.492. The highest BCUT2D eigenvalue weighted by atomic mass is 16.5. The minimum atomic E-state index is -0.948. The van der Waals surface area contributed by atoms with Crippen LogP contribution in [0.3, 0.4) is 0 Å². The van der Waals surface area contributed by atoms with Gasteiger partial charge in [-0.2, -0.15) is 0 Å². The number of aliphatic hydroxyl groups excluding tert-OH is 1. The molecule has 1 N–H and O–H groups in total. The van der Waals surface area contributed by atoms with Crippen LogP contribution in [-0.2, 0) is 19.1 Å². The summed E-state index contributed by atoms with van der Waals surface area (Å²) in [5.41, 5.74) is 1.52. The van der Waals surface area contributed by atoms with E-state index in [1.165, 1.54) is 6.08 Å². The average molecular weight is 421 g/mol. The molecule has 0 aliphatic carbocycles. The second-order valence-electron chi connectivity index (χ2n) is 9.61. The normalized spacial score (nSPS) is 29.2. The third kappa shape index (κ3) is 9.38. The van der Waals surface area contributed by atoms with Crippen LogP contribution in [0.2, 0.25) is 0 Å². The molecule has 0 aromatic rings. The molecule has 5 nitrogen and oxygen atoms in total. The Labute approximate surface area is 182 Å². The van der Waals surface area contributed by atoms with Gasteiger partial charge in [0.05, 0.1) is 6.10 Å². The van der Waals surface area contributed by atoms with Gasteiger partial charge in [0.15, 0.2) is 5.78 Å². The number of hydrogen-bond donors (Lipinski definition) is 1. The van der Waals surface area contributed by atoms with Crippen LogP contribution < -0.4 is 0 Å². The topological polar surface area (TPSA) is 80.7 Å². The summed E-state index contributed by atoms with van der Waals surface area (Å²) in [4.78, 5) is 36.1. The highest BCUT2D eigenvalue weighted by Crippen LogP contribution is 2.29. The van der Waals surface area contributed by atoms with E-state index in [0.29, 0.717) is 30.3 Å². The van der Waals surface area contributed by atoms with Crippen molar-refractivity contribution in [3.05, 3.63) is 23.3 Å². The second kappa shape index (κ2) is 12.2. The van der Waals surface area contributed by atoms with Crippen LogP contribution in [0, 0.1) is 23.7 Å². The van der Waals surface area contributed by atoms with Crippen LogP contribution >= 0.6 is 0 Å². The molecule has 1 heterocycles. The first-order chi connectivity index (χ1) is 13.9. The van der Waals surface area contributed by atoms with Gasteiger partial charge in [-0.1, -0.05) is 33.3 Å². The Kier molecular flexibility index (Phi) is 10.7. The molecular weight excluding hydrogens is 380 g/mol. The van der Waals surface area contributed by atoms with Crippen LogP contribution in [0.4, 0.5) is 0 Å². The van der Waals surface area contributed by atoms with E-state index in [0.717, 1.165) is 18.4 Å². The highest BCUT2D eigenvalue weighted by molar-refractivity contribution is 5.87. The molecule has 1 rings (SSSR count). The van der Waals surface area contributed by atoms with Crippen molar-refractivity contribution in [3.63, 3.8) is 0 Å². The van der Waals surface area contributed by atoms with Crippen LogP contribution in [0.5, 0.6) is 0 Å². The van der Waals surface area contributed by atoms with Gasteiger partial charge < -0.3 is 9.84 Å². The number of esters is 1. The third-order valence-electron chi connectivity index (χ3n) is 6.22. The molecule has 0 aromatic carbocycles. The Hall–Kier alpha value is -1.75. The van der Waals surface area contributed by atoms with Gasteiger partial charge in [0.1, 0.15) is 11.9 Å². The zero-order chi connectivity index (χ0) is 23.0. The number of allylic oxidation sites excluding steroid dienone is 2. The molecule has 5 heteroatoms. The van der Waals surface area contributed by atoms with E-state index in [9.17, 15) is 19.5 Å². The molecule has 0 aromatic heterocycles. The maximum absolute atomic E-state index is 12.4. The molecule has 0 fully saturated rings. The van der Waals surface area contributed by atoms with E-state index < -0.39 is 12.1 Å². The van der Waals surface area contributed by atoms with Crippen molar-refractivity contribution in [3.8, 4) is 0 Å². The van der Waals surface area contributed by atoms with Gasteiger partial charge >= 0.3 is 5.97 Å². The smallest absolute Gasteiger partial charge is 0.331 e. The maximum Gasteiger partial charge on any atom is 0.331 e. The van der Waals surface area contributed by atoms with E-state index in [-0.39, 0.29) is 35.9 Å². The summed E-state index contributed by atoms with van der Waals surface area (Å²) in [5.74, 6) is 0.366. The lowest BCUT2D eigenvalue weighted by Crippen LogP contribution is -2.28. The number of cyclic esters (lactones) is 1.